The first-order chi connectivity index (χ1) is 19.4. The van der Waals surface area contributed by atoms with Gasteiger partial charge in [0.15, 0.2) is 0 Å². The van der Waals surface area contributed by atoms with Crippen LogP contribution < -0.4 is 15.1 Å². The van der Waals surface area contributed by atoms with Crippen molar-refractivity contribution in [2.24, 2.45) is 0 Å². The number of fused-ring (bicyclic) bond motifs is 1. The average Bonchev–Trinajstić information content (AvgIpc) is 3.43. The number of hydrogen-bond acceptors (Lipinski definition) is 7. The minimum absolute atomic E-state index is 0.0131. The van der Waals surface area contributed by atoms with Gasteiger partial charge in [0, 0.05) is 24.3 Å². The molecule has 4 aromatic rings. The zero-order chi connectivity index (χ0) is 28.8. The zero-order valence-corrected chi connectivity index (χ0v) is 24.6. The number of pyridine rings is 3. The lowest BCUT2D eigenvalue weighted by atomic mass is 10.1. The fourth-order valence-electron chi connectivity index (χ4n) is 4.61. The number of anilines is 1. The van der Waals surface area contributed by atoms with Gasteiger partial charge in [-0.25, -0.2) is 14.8 Å². The van der Waals surface area contributed by atoms with Gasteiger partial charge in [-0.1, -0.05) is 48.7 Å². The minimum atomic E-state index is -0.708. The molecule has 0 amide bonds. The van der Waals surface area contributed by atoms with Gasteiger partial charge in [0.1, 0.15) is 22.3 Å². The number of nitrogens with zero attached hydrogens (tertiary/aromatic N) is 4. The third-order valence-electron chi connectivity index (χ3n) is 6.38. The van der Waals surface area contributed by atoms with E-state index in [-0.39, 0.29) is 23.6 Å². The molecule has 210 valence electrons. The van der Waals surface area contributed by atoms with Crippen molar-refractivity contribution in [3.63, 3.8) is 0 Å². The first kappa shape index (κ1) is 29.6. The molecule has 0 bridgehead atoms. The van der Waals surface area contributed by atoms with E-state index >= 15 is 0 Å². The number of esters is 1. The van der Waals surface area contributed by atoms with Crippen molar-refractivity contribution in [1.82, 2.24) is 14.5 Å². The third kappa shape index (κ3) is 6.19. The van der Waals surface area contributed by atoms with E-state index in [1.165, 1.54) is 6.20 Å². The number of carbonyl (C=O) groups excluding carboxylic acids is 1. The zero-order valence-electron chi connectivity index (χ0n) is 22.4. The van der Waals surface area contributed by atoms with Crippen molar-refractivity contribution in [3.05, 3.63) is 86.0 Å². The van der Waals surface area contributed by atoms with Gasteiger partial charge in [-0.3, -0.25) is 4.79 Å². The Morgan fingerprint density at radius 3 is 2.60 bits per heavy atom. The topological polar surface area (TPSA) is 86.6 Å². The molecule has 5 rings (SSSR count). The molecule has 0 N–H and O–H groups in total. The maximum absolute atomic E-state index is 13.4. The standard InChI is InChI=1S/C27H23Cl3N4O4.C2H6/c1-2-37-27(36)19-14-34(16-7-8-24(30)32-13-16)22-12-23(21(29)11-18(22)25(19)35)33-10-4-5-17(33)15-38-26-20(28)6-3-9-31-26;1-2/h3,6-9,11-14,17H,2,4-5,10,15H2,1H3;1-2H3. The summed E-state index contributed by atoms with van der Waals surface area (Å²) in [6, 6.07) is 10.3. The third-order valence-corrected chi connectivity index (χ3v) is 7.20. The SMILES string of the molecule is CC.CCOC(=O)c1cn(-c2ccc(Cl)nc2)c2cc(N3CCCC3COc3ncccc3Cl)c(Cl)cc2c1=O. The van der Waals surface area contributed by atoms with Gasteiger partial charge in [-0.2, -0.15) is 0 Å². The van der Waals surface area contributed by atoms with E-state index in [2.05, 4.69) is 14.9 Å². The predicted octanol–water partition coefficient (Wildman–Crippen LogP) is 6.99. The second-order valence-electron chi connectivity index (χ2n) is 8.71. The predicted molar refractivity (Wildman–Crippen MR) is 160 cm³/mol. The quantitative estimate of drug-likeness (QED) is 0.166. The molecule has 1 saturated heterocycles. The van der Waals surface area contributed by atoms with Crippen molar-refractivity contribution < 1.29 is 14.3 Å². The van der Waals surface area contributed by atoms with Gasteiger partial charge in [0.25, 0.3) is 0 Å². The fourth-order valence-corrected chi connectivity index (χ4v) is 5.17. The Labute approximate surface area is 247 Å². The summed E-state index contributed by atoms with van der Waals surface area (Å²) in [6.07, 6.45) is 6.49. The summed E-state index contributed by atoms with van der Waals surface area (Å²) < 4.78 is 12.8. The smallest absolute Gasteiger partial charge is 0.343 e. The molecule has 1 atom stereocenters. The first-order valence-corrected chi connectivity index (χ1v) is 14.2. The largest absolute Gasteiger partial charge is 0.474 e. The number of hydrogen-bond donors (Lipinski definition) is 0. The molecule has 1 aromatic carbocycles. The van der Waals surface area contributed by atoms with Gasteiger partial charge < -0.3 is 18.9 Å². The monoisotopic (exact) mass is 602 g/mol. The van der Waals surface area contributed by atoms with Crippen molar-refractivity contribution in [1.29, 1.82) is 0 Å². The Kier molecular flexibility index (Phi) is 9.90. The fraction of sp³-hybridized carbons (Fsp3) is 0.310. The molecule has 1 fully saturated rings. The van der Waals surface area contributed by atoms with E-state index in [9.17, 15) is 9.59 Å². The molecule has 0 aliphatic carbocycles. The van der Waals surface area contributed by atoms with Gasteiger partial charge >= 0.3 is 5.97 Å². The number of rotatable bonds is 7. The van der Waals surface area contributed by atoms with Gasteiger partial charge in [-0.15, -0.1) is 0 Å². The van der Waals surface area contributed by atoms with Crippen molar-refractivity contribution in [2.45, 2.75) is 39.7 Å². The summed E-state index contributed by atoms with van der Waals surface area (Å²) in [5.41, 5.74) is 1.36. The highest BCUT2D eigenvalue weighted by molar-refractivity contribution is 6.34. The van der Waals surface area contributed by atoms with Crippen LogP contribution in [0.1, 0.15) is 44.0 Å². The van der Waals surface area contributed by atoms with E-state index in [4.69, 9.17) is 44.3 Å². The van der Waals surface area contributed by atoms with Crippen LogP contribution in [0.25, 0.3) is 16.6 Å². The van der Waals surface area contributed by atoms with Crippen LogP contribution in [0.5, 0.6) is 5.88 Å². The molecule has 1 aliphatic heterocycles. The van der Waals surface area contributed by atoms with Crippen LogP contribution in [0.4, 0.5) is 5.69 Å². The van der Waals surface area contributed by atoms with Crippen LogP contribution in [0, 0.1) is 0 Å². The molecule has 11 heteroatoms. The van der Waals surface area contributed by atoms with E-state index in [1.807, 2.05) is 19.9 Å². The lowest BCUT2D eigenvalue weighted by Crippen LogP contribution is -2.34. The molecule has 1 unspecified atom stereocenters. The van der Waals surface area contributed by atoms with Crippen LogP contribution >= 0.6 is 34.8 Å². The molecule has 1 aliphatic rings. The number of benzene rings is 1. The average molecular weight is 604 g/mol. The highest BCUT2D eigenvalue weighted by Gasteiger charge is 2.29. The number of aromatic nitrogens is 3. The second-order valence-corrected chi connectivity index (χ2v) is 9.91. The Balaban J connectivity index is 0.00000181. The molecule has 4 heterocycles. The van der Waals surface area contributed by atoms with Crippen LogP contribution in [0.3, 0.4) is 0 Å². The lowest BCUT2D eigenvalue weighted by Gasteiger charge is -2.28. The van der Waals surface area contributed by atoms with Crippen molar-refractivity contribution in [2.75, 3.05) is 24.7 Å². The summed E-state index contributed by atoms with van der Waals surface area (Å²) in [6.45, 7) is 6.94. The second kappa shape index (κ2) is 13.4. The number of ether oxygens (including phenoxy) is 2. The van der Waals surface area contributed by atoms with Crippen LogP contribution in [-0.2, 0) is 4.74 Å². The van der Waals surface area contributed by atoms with E-state index < -0.39 is 11.4 Å². The Hall–Kier alpha value is -3.33. The molecule has 40 heavy (non-hydrogen) atoms. The number of halogens is 3. The molecular formula is C29H29Cl3N4O4. The lowest BCUT2D eigenvalue weighted by molar-refractivity contribution is 0.0524. The normalized spacial score (nSPS) is 14.6. The molecular weight excluding hydrogens is 575 g/mol. The Morgan fingerprint density at radius 2 is 1.90 bits per heavy atom. The van der Waals surface area contributed by atoms with E-state index in [0.717, 1.165) is 25.1 Å². The molecule has 0 spiro atoms. The van der Waals surface area contributed by atoms with Gasteiger partial charge in [0.05, 0.1) is 40.8 Å². The Morgan fingerprint density at radius 1 is 1.10 bits per heavy atom. The summed E-state index contributed by atoms with van der Waals surface area (Å²) in [4.78, 5) is 36.5. The van der Waals surface area contributed by atoms with Crippen molar-refractivity contribution >= 4 is 57.4 Å². The molecule has 0 saturated carbocycles. The van der Waals surface area contributed by atoms with Gasteiger partial charge in [-0.05, 0) is 56.2 Å². The van der Waals surface area contributed by atoms with Crippen LogP contribution in [-0.4, -0.2) is 46.3 Å². The van der Waals surface area contributed by atoms with Crippen molar-refractivity contribution in [3.8, 4) is 11.6 Å². The molecule has 3 aromatic heterocycles. The summed E-state index contributed by atoms with van der Waals surface area (Å²) in [5.74, 6) is -0.332. The van der Waals surface area contributed by atoms with Crippen LogP contribution in [0.15, 0.2) is 59.8 Å². The highest BCUT2D eigenvalue weighted by atomic mass is 35.5. The minimum Gasteiger partial charge on any atom is -0.474 e. The summed E-state index contributed by atoms with van der Waals surface area (Å²) >= 11 is 19.0. The molecule has 0 radical (unpaired) electrons. The van der Waals surface area contributed by atoms with E-state index in [1.54, 1.807) is 54.2 Å². The first-order valence-electron chi connectivity index (χ1n) is 13.0. The van der Waals surface area contributed by atoms with Gasteiger partial charge in [0.2, 0.25) is 11.3 Å². The maximum Gasteiger partial charge on any atom is 0.343 e. The number of carbonyl (C=O) groups is 1. The van der Waals surface area contributed by atoms with Crippen LogP contribution in [0.2, 0.25) is 15.2 Å². The highest BCUT2D eigenvalue weighted by Crippen LogP contribution is 2.36. The summed E-state index contributed by atoms with van der Waals surface area (Å²) in [7, 11) is 0. The molecule has 8 nitrogen and oxygen atoms in total. The summed E-state index contributed by atoms with van der Waals surface area (Å²) in [5, 5.41) is 1.44. The Bertz CT molecular complexity index is 1560. The van der Waals surface area contributed by atoms with E-state index in [0.29, 0.717) is 38.9 Å². The maximum atomic E-state index is 13.4.